The summed E-state index contributed by atoms with van der Waals surface area (Å²) in [6.07, 6.45) is 0. The molecule has 0 spiro atoms. The van der Waals surface area contributed by atoms with Crippen LogP contribution >= 0.6 is 0 Å². The fourth-order valence-electron chi connectivity index (χ4n) is 1.23. The molecule has 0 saturated heterocycles. The van der Waals surface area contributed by atoms with Crippen LogP contribution in [0.2, 0.25) is 0 Å². The van der Waals surface area contributed by atoms with Crippen molar-refractivity contribution >= 4 is 5.82 Å². The van der Waals surface area contributed by atoms with E-state index in [1.807, 2.05) is 0 Å². The van der Waals surface area contributed by atoms with E-state index in [-0.39, 0.29) is 18.5 Å². The van der Waals surface area contributed by atoms with Crippen molar-refractivity contribution in [1.82, 2.24) is 14.3 Å². The Balaban J connectivity index is 3.37. The van der Waals surface area contributed by atoms with Gasteiger partial charge >= 0.3 is 5.69 Å². The summed E-state index contributed by atoms with van der Waals surface area (Å²) in [5.41, 5.74) is -0.940. The van der Waals surface area contributed by atoms with Gasteiger partial charge in [-0.1, -0.05) is 0 Å². The zero-order valence-corrected chi connectivity index (χ0v) is 9.84. The van der Waals surface area contributed by atoms with Crippen molar-refractivity contribution in [2.24, 2.45) is 14.1 Å². The van der Waals surface area contributed by atoms with Gasteiger partial charge in [0, 0.05) is 21.1 Å². The summed E-state index contributed by atoms with van der Waals surface area (Å²) >= 11 is 0. The van der Waals surface area contributed by atoms with E-state index < -0.39 is 11.2 Å². The van der Waals surface area contributed by atoms with E-state index in [1.165, 1.54) is 14.1 Å². The molecular weight excluding hydrogens is 212 g/mol. The van der Waals surface area contributed by atoms with Gasteiger partial charge in [-0.2, -0.15) is 0 Å². The van der Waals surface area contributed by atoms with Gasteiger partial charge in [0.2, 0.25) is 5.82 Å². The highest BCUT2D eigenvalue weighted by Crippen LogP contribution is 2.03. The zero-order valence-electron chi connectivity index (χ0n) is 9.84. The lowest BCUT2D eigenvalue weighted by molar-refractivity contribution is 0.269. The van der Waals surface area contributed by atoms with Crippen molar-refractivity contribution in [3.8, 4) is 0 Å². The first kappa shape index (κ1) is 12.4. The van der Waals surface area contributed by atoms with Crippen LogP contribution in [-0.2, 0) is 14.1 Å². The topological polar surface area (TPSA) is 80.4 Å². The Labute approximate surface area is 92.5 Å². The summed E-state index contributed by atoms with van der Waals surface area (Å²) in [6.45, 7) is 1.66. The van der Waals surface area contributed by atoms with E-state index in [0.717, 1.165) is 9.25 Å². The SMILES string of the molecule is CC(CO)N(C)c1nn(C)c(=O)n(C)c1=O. The summed E-state index contributed by atoms with van der Waals surface area (Å²) in [5, 5.41) is 12.9. The predicted molar refractivity (Wildman–Crippen MR) is 59.7 cm³/mol. The molecule has 1 N–H and O–H groups in total. The number of aromatic nitrogens is 3. The maximum absolute atomic E-state index is 11.8. The third kappa shape index (κ3) is 1.99. The third-order valence-corrected chi connectivity index (χ3v) is 2.56. The Morgan fingerprint density at radius 3 is 2.50 bits per heavy atom. The van der Waals surface area contributed by atoms with Crippen LogP contribution in [0.3, 0.4) is 0 Å². The Morgan fingerprint density at radius 1 is 1.44 bits per heavy atom. The van der Waals surface area contributed by atoms with Crippen LogP contribution in [0.15, 0.2) is 9.59 Å². The van der Waals surface area contributed by atoms with Crippen LogP contribution in [0, 0.1) is 0 Å². The molecule has 0 fully saturated rings. The number of nitrogens with zero attached hydrogens (tertiary/aromatic N) is 4. The molecule has 1 aromatic heterocycles. The summed E-state index contributed by atoms with van der Waals surface area (Å²) < 4.78 is 2.08. The number of anilines is 1. The van der Waals surface area contributed by atoms with Gasteiger partial charge in [0.05, 0.1) is 12.6 Å². The second kappa shape index (κ2) is 4.48. The molecule has 1 atom stereocenters. The zero-order chi connectivity index (χ0) is 12.5. The van der Waals surface area contributed by atoms with Crippen LogP contribution < -0.4 is 16.1 Å². The minimum atomic E-state index is -0.473. The highest BCUT2D eigenvalue weighted by Gasteiger charge is 2.16. The molecule has 0 amide bonds. The van der Waals surface area contributed by atoms with E-state index in [0.29, 0.717) is 0 Å². The quantitative estimate of drug-likeness (QED) is 0.666. The summed E-state index contributed by atoms with van der Waals surface area (Å²) in [5.74, 6) is 0.145. The van der Waals surface area contributed by atoms with E-state index in [2.05, 4.69) is 5.10 Å². The average Bonchev–Trinajstić information content (AvgIpc) is 2.29. The fourth-order valence-corrected chi connectivity index (χ4v) is 1.23. The molecular formula is C9H16N4O3. The van der Waals surface area contributed by atoms with Crippen LogP contribution in [0.25, 0.3) is 0 Å². The number of aryl methyl sites for hydroxylation is 1. The molecule has 0 bridgehead atoms. The second-order valence-corrected chi connectivity index (χ2v) is 3.74. The average molecular weight is 228 g/mol. The minimum Gasteiger partial charge on any atom is -0.394 e. The Morgan fingerprint density at radius 2 is 2.00 bits per heavy atom. The standard InChI is InChI=1S/C9H16N4O3/c1-6(5-14)11(2)7-8(15)12(3)9(16)13(4)10-7/h6,14H,5H2,1-4H3. The summed E-state index contributed by atoms with van der Waals surface area (Å²) in [6, 6.07) is -0.238. The Bertz CT molecular complexity index is 491. The van der Waals surface area contributed by atoms with Crippen LogP contribution in [0.5, 0.6) is 0 Å². The third-order valence-electron chi connectivity index (χ3n) is 2.56. The van der Waals surface area contributed by atoms with Crippen LogP contribution in [-0.4, -0.2) is 39.2 Å². The van der Waals surface area contributed by atoms with Crippen molar-refractivity contribution in [2.75, 3.05) is 18.6 Å². The van der Waals surface area contributed by atoms with Gasteiger partial charge in [-0.15, -0.1) is 5.10 Å². The van der Waals surface area contributed by atoms with Crippen molar-refractivity contribution in [2.45, 2.75) is 13.0 Å². The lowest BCUT2D eigenvalue weighted by Gasteiger charge is -2.23. The fraction of sp³-hybridized carbons (Fsp3) is 0.667. The van der Waals surface area contributed by atoms with Gasteiger partial charge in [-0.05, 0) is 6.92 Å². The number of aliphatic hydroxyl groups is 1. The molecule has 0 radical (unpaired) electrons. The van der Waals surface area contributed by atoms with Crippen molar-refractivity contribution in [1.29, 1.82) is 0 Å². The monoisotopic (exact) mass is 228 g/mol. The van der Waals surface area contributed by atoms with Gasteiger partial charge in [-0.3, -0.25) is 9.36 Å². The highest BCUT2D eigenvalue weighted by molar-refractivity contribution is 5.34. The number of hydrogen-bond acceptors (Lipinski definition) is 5. The number of rotatable bonds is 3. The highest BCUT2D eigenvalue weighted by atomic mass is 16.3. The molecule has 0 aromatic carbocycles. The van der Waals surface area contributed by atoms with Crippen molar-refractivity contribution in [3.63, 3.8) is 0 Å². The molecule has 7 heteroatoms. The van der Waals surface area contributed by atoms with Gasteiger partial charge in [0.15, 0.2) is 0 Å². The van der Waals surface area contributed by atoms with E-state index >= 15 is 0 Å². The Kier molecular flexibility index (Phi) is 3.48. The lowest BCUT2D eigenvalue weighted by atomic mass is 10.3. The van der Waals surface area contributed by atoms with E-state index in [1.54, 1.807) is 18.9 Å². The molecule has 0 aliphatic carbocycles. The molecule has 1 unspecified atom stereocenters. The normalized spacial score (nSPS) is 12.6. The largest absolute Gasteiger partial charge is 0.394 e. The maximum Gasteiger partial charge on any atom is 0.346 e. The van der Waals surface area contributed by atoms with Crippen LogP contribution in [0.1, 0.15) is 6.92 Å². The molecule has 1 rings (SSSR count). The smallest absolute Gasteiger partial charge is 0.346 e. The van der Waals surface area contributed by atoms with Gasteiger partial charge < -0.3 is 10.0 Å². The lowest BCUT2D eigenvalue weighted by Crippen LogP contribution is -2.45. The number of hydrogen-bond donors (Lipinski definition) is 1. The number of likely N-dealkylation sites (N-methyl/N-ethyl adjacent to an activating group) is 1. The van der Waals surface area contributed by atoms with E-state index in [9.17, 15) is 9.59 Å². The minimum absolute atomic E-state index is 0.0931. The first-order valence-electron chi connectivity index (χ1n) is 4.88. The second-order valence-electron chi connectivity index (χ2n) is 3.74. The molecule has 1 heterocycles. The molecule has 16 heavy (non-hydrogen) atoms. The molecule has 0 aliphatic heterocycles. The predicted octanol–water partition coefficient (Wildman–Crippen LogP) is -1.70. The van der Waals surface area contributed by atoms with Gasteiger partial charge in [0.1, 0.15) is 0 Å². The van der Waals surface area contributed by atoms with Crippen LogP contribution in [0.4, 0.5) is 5.82 Å². The van der Waals surface area contributed by atoms with Gasteiger partial charge in [0.25, 0.3) is 5.56 Å². The molecule has 0 saturated carbocycles. The number of aliphatic hydroxyl groups excluding tert-OH is 1. The molecule has 1 aromatic rings. The summed E-state index contributed by atoms with van der Waals surface area (Å²) in [7, 11) is 4.52. The summed E-state index contributed by atoms with van der Waals surface area (Å²) in [4.78, 5) is 24.7. The van der Waals surface area contributed by atoms with E-state index in [4.69, 9.17) is 5.11 Å². The van der Waals surface area contributed by atoms with Gasteiger partial charge in [-0.25, -0.2) is 9.48 Å². The Hall–Kier alpha value is -1.63. The molecule has 7 nitrogen and oxygen atoms in total. The molecule has 0 aliphatic rings. The first-order valence-corrected chi connectivity index (χ1v) is 4.88. The first-order chi connectivity index (χ1) is 7.40. The molecule has 90 valence electrons. The van der Waals surface area contributed by atoms with Crippen molar-refractivity contribution < 1.29 is 5.11 Å². The van der Waals surface area contributed by atoms with Crippen molar-refractivity contribution in [3.05, 3.63) is 20.8 Å². The maximum atomic E-state index is 11.8.